The average molecular weight is 300 g/mol. The molecule has 0 radical (unpaired) electrons. The van der Waals surface area contributed by atoms with Crippen molar-refractivity contribution in [3.05, 3.63) is 11.4 Å². The van der Waals surface area contributed by atoms with Crippen molar-refractivity contribution in [1.82, 2.24) is 20.2 Å². The predicted molar refractivity (Wildman–Crippen MR) is 73.6 cm³/mol. The highest BCUT2D eigenvalue weighted by Gasteiger charge is 2.23. The van der Waals surface area contributed by atoms with E-state index in [0.29, 0.717) is 11.4 Å². The van der Waals surface area contributed by atoms with Gasteiger partial charge in [-0.05, 0) is 26.7 Å². The summed E-state index contributed by atoms with van der Waals surface area (Å²) in [5, 5.41) is 9.30. The van der Waals surface area contributed by atoms with Crippen molar-refractivity contribution in [3.63, 3.8) is 0 Å². The Hall–Kier alpha value is -1.41. The van der Waals surface area contributed by atoms with Crippen LogP contribution in [0.5, 0.6) is 0 Å². The topological polar surface area (TPSA) is 104 Å². The molecule has 1 aliphatic rings. The molecule has 112 valence electrons. The quantitative estimate of drug-likeness (QED) is 0.730. The molecule has 1 heterocycles. The summed E-state index contributed by atoms with van der Waals surface area (Å²) in [5.41, 5.74) is 0.859. The minimum absolute atomic E-state index is 0.117. The summed E-state index contributed by atoms with van der Waals surface area (Å²) in [6.07, 6.45) is 4.17. The van der Waals surface area contributed by atoms with Crippen LogP contribution in [0, 0.1) is 13.8 Å². The predicted octanol–water partition coefficient (Wildman–Crippen LogP) is 0.364. The third-order valence-electron chi connectivity index (χ3n) is 3.47. The second-order valence-corrected chi connectivity index (χ2v) is 6.84. The van der Waals surface area contributed by atoms with Gasteiger partial charge in [0.25, 0.3) is 0 Å². The molecule has 0 aliphatic heterocycles. The van der Waals surface area contributed by atoms with E-state index in [2.05, 4.69) is 20.2 Å². The van der Waals surface area contributed by atoms with Crippen molar-refractivity contribution in [2.24, 2.45) is 0 Å². The molecular formula is C12H20N4O3S. The lowest BCUT2D eigenvalue weighted by molar-refractivity contribution is -0.120. The number of aromatic amines is 1. The van der Waals surface area contributed by atoms with E-state index in [1.807, 2.05) is 0 Å². The van der Waals surface area contributed by atoms with Gasteiger partial charge in [0, 0.05) is 6.04 Å². The van der Waals surface area contributed by atoms with Crippen molar-refractivity contribution >= 4 is 15.9 Å². The molecular weight excluding hydrogens is 280 g/mol. The van der Waals surface area contributed by atoms with Crippen molar-refractivity contribution in [2.45, 2.75) is 50.5 Å². The van der Waals surface area contributed by atoms with Crippen LogP contribution in [0.3, 0.4) is 0 Å². The highest BCUT2D eigenvalue weighted by Crippen LogP contribution is 2.18. The van der Waals surface area contributed by atoms with Crippen molar-refractivity contribution in [1.29, 1.82) is 0 Å². The molecule has 0 unspecified atom stereocenters. The smallest absolute Gasteiger partial charge is 0.244 e. The van der Waals surface area contributed by atoms with Gasteiger partial charge in [-0.3, -0.25) is 9.89 Å². The third-order valence-corrected chi connectivity index (χ3v) is 5.14. The number of carbonyl (C=O) groups is 1. The Morgan fingerprint density at radius 3 is 2.55 bits per heavy atom. The molecule has 1 aromatic heterocycles. The highest BCUT2D eigenvalue weighted by molar-refractivity contribution is 7.89. The average Bonchev–Trinajstić information content (AvgIpc) is 2.97. The van der Waals surface area contributed by atoms with Gasteiger partial charge in [0.15, 0.2) is 0 Å². The van der Waals surface area contributed by atoms with Crippen LogP contribution in [0.1, 0.15) is 37.1 Å². The fourth-order valence-electron chi connectivity index (χ4n) is 2.52. The minimum atomic E-state index is -3.71. The molecule has 0 bridgehead atoms. The first-order valence-electron chi connectivity index (χ1n) is 6.71. The number of aryl methyl sites for hydroxylation is 2. The van der Waals surface area contributed by atoms with Crippen LogP contribution in [-0.2, 0) is 14.8 Å². The summed E-state index contributed by atoms with van der Waals surface area (Å²) >= 11 is 0. The monoisotopic (exact) mass is 300 g/mol. The molecule has 1 amide bonds. The number of aromatic nitrogens is 2. The second-order valence-electron chi connectivity index (χ2n) is 5.14. The SMILES string of the molecule is Cc1n[nH]c(C)c1S(=O)(=O)NCC(=O)NC1CCCC1. The molecule has 1 fully saturated rings. The molecule has 8 heteroatoms. The van der Waals surface area contributed by atoms with Crippen LogP contribution in [-0.4, -0.2) is 37.1 Å². The maximum Gasteiger partial charge on any atom is 0.244 e. The molecule has 0 atom stereocenters. The number of sulfonamides is 1. The molecule has 1 saturated carbocycles. The zero-order chi connectivity index (χ0) is 14.8. The Labute approximate surface area is 118 Å². The molecule has 0 saturated heterocycles. The van der Waals surface area contributed by atoms with Gasteiger partial charge in [0.2, 0.25) is 15.9 Å². The van der Waals surface area contributed by atoms with Crippen LogP contribution in [0.15, 0.2) is 4.90 Å². The Morgan fingerprint density at radius 1 is 1.35 bits per heavy atom. The van der Waals surface area contributed by atoms with E-state index >= 15 is 0 Å². The van der Waals surface area contributed by atoms with Gasteiger partial charge in [-0.2, -0.15) is 5.10 Å². The first kappa shape index (κ1) is 15.0. The van der Waals surface area contributed by atoms with Gasteiger partial charge in [0.05, 0.1) is 17.9 Å². The second kappa shape index (κ2) is 5.92. The first-order valence-corrected chi connectivity index (χ1v) is 8.19. The lowest BCUT2D eigenvalue weighted by atomic mass is 10.2. The van der Waals surface area contributed by atoms with E-state index in [0.717, 1.165) is 25.7 Å². The summed E-state index contributed by atoms with van der Waals surface area (Å²) in [4.78, 5) is 11.8. The van der Waals surface area contributed by atoms with Gasteiger partial charge in [-0.25, -0.2) is 13.1 Å². The van der Waals surface area contributed by atoms with Crippen LogP contribution < -0.4 is 10.0 Å². The van der Waals surface area contributed by atoms with E-state index in [4.69, 9.17) is 0 Å². The number of amides is 1. The standard InChI is InChI=1S/C12H20N4O3S/c1-8-12(9(2)16-15-8)20(18,19)13-7-11(17)14-10-5-3-4-6-10/h10,13H,3-7H2,1-2H3,(H,14,17)(H,15,16). The number of H-pyrrole nitrogens is 1. The molecule has 7 nitrogen and oxygen atoms in total. The van der Waals surface area contributed by atoms with Gasteiger partial charge in [-0.1, -0.05) is 12.8 Å². The first-order chi connectivity index (χ1) is 9.40. The Morgan fingerprint density at radius 2 is 2.00 bits per heavy atom. The molecule has 0 aromatic carbocycles. The molecule has 3 N–H and O–H groups in total. The Balaban J connectivity index is 1.94. The van der Waals surface area contributed by atoms with Gasteiger partial charge in [0.1, 0.15) is 4.90 Å². The van der Waals surface area contributed by atoms with Crippen LogP contribution in [0.25, 0.3) is 0 Å². The van der Waals surface area contributed by atoms with Crippen molar-refractivity contribution < 1.29 is 13.2 Å². The van der Waals surface area contributed by atoms with Crippen LogP contribution in [0.2, 0.25) is 0 Å². The lowest BCUT2D eigenvalue weighted by Crippen LogP contribution is -2.41. The number of rotatable bonds is 5. The summed E-state index contributed by atoms with van der Waals surface area (Å²) < 4.78 is 26.6. The van der Waals surface area contributed by atoms with Crippen molar-refractivity contribution in [3.8, 4) is 0 Å². The van der Waals surface area contributed by atoms with Gasteiger partial charge in [-0.15, -0.1) is 0 Å². The zero-order valence-electron chi connectivity index (χ0n) is 11.7. The van der Waals surface area contributed by atoms with Gasteiger partial charge < -0.3 is 5.32 Å². The number of hydrogen-bond donors (Lipinski definition) is 3. The summed E-state index contributed by atoms with van der Waals surface area (Å²) in [7, 11) is -3.71. The maximum atomic E-state index is 12.1. The number of nitrogens with zero attached hydrogens (tertiary/aromatic N) is 1. The van der Waals surface area contributed by atoms with E-state index in [-0.39, 0.29) is 23.4 Å². The Bertz CT molecular complexity index is 568. The zero-order valence-corrected chi connectivity index (χ0v) is 12.5. The molecule has 1 aliphatic carbocycles. The molecule has 0 spiro atoms. The lowest BCUT2D eigenvalue weighted by Gasteiger charge is -2.12. The van der Waals surface area contributed by atoms with Crippen molar-refractivity contribution in [2.75, 3.05) is 6.54 Å². The summed E-state index contributed by atoms with van der Waals surface area (Å²) in [5.74, 6) is -0.292. The number of nitrogens with one attached hydrogen (secondary N) is 3. The largest absolute Gasteiger partial charge is 0.352 e. The van der Waals surface area contributed by atoms with E-state index in [1.165, 1.54) is 0 Å². The fourth-order valence-corrected chi connectivity index (χ4v) is 3.87. The number of hydrogen-bond acceptors (Lipinski definition) is 4. The van der Waals surface area contributed by atoms with E-state index in [9.17, 15) is 13.2 Å². The normalized spacial score (nSPS) is 16.5. The Kier molecular flexibility index (Phi) is 4.44. The van der Waals surface area contributed by atoms with Crippen LogP contribution in [0.4, 0.5) is 0 Å². The fraction of sp³-hybridized carbons (Fsp3) is 0.667. The van der Waals surface area contributed by atoms with E-state index in [1.54, 1.807) is 13.8 Å². The maximum absolute atomic E-state index is 12.1. The van der Waals surface area contributed by atoms with Gasteiger partial charge >= 0.3 is 0 Å². The molecule has 1 aromatic rings. The minimum Gasteiger partial charge on any atom is -0.352 e. The summed E-state index contributed by atoms with van der Waals surface area (Å²) in [6, 6.07) is 0.185. The number of carbonyl (C=O) groups excluding carboxylic acids is 1. The highest BCUT2D eigenvalue weighted by atomic mass is 32.2. The van der Waals surface area contributed by atoms with E-state index < -0.39 is 10.0 Å². The third kappa shape index (κ3) is 3.37. The molecule has 2 rings (SSSR count). The summed E-state index contributed by atoms with van der Waals surface area (Å²) in [6.45, 7) is 2.99. The molecule has 20 heavy (non-hydrogen) atoms. The van der Waals surface area contributed by atoms with Crippen LogP contribution >= 0.6 is 0 Å².